The van der Waals surface area contributed by atoms with Gasteiger partial charge >= 0.3 is 0 Å². The first-order valence-electron chi connectivity index (χ1n) is 8.92. The highest BCUT2D eigenvalue weighted by molar-refractivity contribution is 7.19. The van der Waals surface area contributed by atoms with E-state index in [0.29, 0.717) is 5.96 Å². The maximum atomic E-state index is 6.28. The second-order valence-corrected chi connectivity index (χ2v) is 7.79. The SMILES string of the molecule is NC1=NC2(CCCCC2)N(c2ccc(-c3nn4cnnc4s3)cc2)C(N)=N1. The van der Waals surface area contributed by atoms with Gasteiger partial charge < -0.3 is 11.5 Å². The molecule has 4 N–H and O–H groups in total. The molecule has 0 amide bonds. The summed E-state index contributed by atoms with van der Waals surface area (Å²) in [5.41, 5.74) is 13.8. The van der Waals surface area contributed by atoms with Crippen molar-refractivity contribution in [1.82, 2.24) is 19.8 Å². The maximum absolute atomic E-state index is 6.28. The van der Waals surface area contributed by atoms with Crippen LogP contribution in [-0.2, 0) is 0 Å². The number of anilines is 1. The summed E-state index contributed by atoms with van der Waals surface area (Å²) in [6.45, 7) is 0. The van der Waals surface area contributed by atoms with E-state index in [1.807, 2.05) is 29.2 Å². The van der Waals surface area contributed by atoms with Gasteiger partial charge in [0, 0.05) is 11.3 Å². The van der Waals surface area contributed by atoms with Crippen molar-refractivity contribution >= 4 is 33.9 Å². The van der Waals surface area contributed by atoms with Crippen molar-refractivity contribution < 1.29 is 0 Å². The third-order valence-electron chi connectivity index (χ3n) is 5.11. The number of nitrogens with zero attached hydrogens (tertiary/aromatic N) is 7. The first-order chi connectivity index (χ1) is 13.1. The summed E-state index contributed by atoms with van der Waals surface area (Å²) >= 11 is 1.50. The fraction of sp³-hybridized carbons (Fsp3) is 0.353. The maximum Gasteiger partial charge on any atom is 0.234 e. The van der Waals surface area contributed by atoms with Gasteiger partial charge in [-0.3, -0.25) is 4.90 Å². The average Bonchev–Trinajstić information content (AvgIpc) is 3.24. The lowest BCUT2D eigenvalue weighted by Gasteiger charge is -2.45. The Kier molecular flexibility index (Phi) is 3.61. The molecule has 9 nitrogen and oxygen atoms in total. The third kappa shape index (κ3) is 2.64. The molecule has 0 saturated heterocycles. The number of fused-ring (bicyclic) bond motifs is 1. The highest BCUT2D eigenvalue weighted by Crippen LogP contribution is 2.40. The highest BCUT2D eigenvalue weighted by atomic mass is 32.1. The van der Waals surface area contributed by atoms with Crippen molar-refractivity contribution in [2.24, 2.45) is 21.5 Å². The van der Waals surface area contributed by atoms with Crippen LogP contribution in [0.2, 0.25) is 0 Å². The number of nitrogens with two attached hydrogens (primary N) is 2. The van der Waals surface area contributed by atoms with Gasteiger partial charge in [-0.2, -0.15) is 14.6 Å². The van der Waals surface area contributed by atoms with Crippen LogP contribution < -0.4 is 16.4 Å². The molecule has 3 aromatic rings. The van der Waals surface area contributed by atoms with Crippen molar-refractivity contribution in [2.45, 2.75) is 37.8 Å². The Morgan fingerprint density at radius 2 is 1.81 bits per heavy atom. The summed E-state index contributed by atoms with van der Waals surface area (Å²) in [7, 11) is 0. The molecule has 0 bridgehead atoms. The molecule has 1 aromatic carbocycles. The summed E-state index contributed by atoms with van der Waals surface area (Å²) in [5.74, 6) is 0.665. The van der Waals surface area contributed by atoms with Crippen LogP contribution in [0, 0.1) is 0 Å². The summed E-state index contributed by atoms with van der Waals surface area (Å²) in [6, 6.07) is 8.14. The number of hydrogen-bond donors (Lipinski definition) is 2. The zero-order valence-corrected chi connectivity index (χ0v) is 15.4. The molecule has 0 atom stereocenters. The lowest BCUT2D eigenvalue weighted by molar-refractivity contribution is 0.305. The van der Waals surface area contributed by atoms with Crippen molar-refractivity contribution in [3.05, 3.63) is 30.6 Å². The summed E-state index contributed by atoms with van der Waals surface area (Å²) < 4.78 is 1.68. The van der Waals surface area contributed by atoms with Crippen molar-refractivity contribution in [1.29, 1.82) is 0 Å². The van der Waals surface area contributed by atoms with Crippen LogP contribution in [0.15, 0.2) is 40.6 Å². The van der Waals surface area contributed by atoms with Crippen LogP contribution in [0.3, 0.4) is 0 Å². The van der Waals surface area contributed by atoms with Crippen molar-refractivity contribution in [3.8, 4) is 10.6 Å². The fourth-order valence-electron chi connectivity index (χ4n) is 3.92. The Bertz CT molecular complexity index is 1010. The van der Waals surface area contributed by atoms with E-state index in [-0.39, 0.29) is 5.96 Å². The minimum atomic E-state index is -0.427. The number of hydrogen-bond acceptors (Lipinski definition) is 9. The molecule has 1 fully saturated rings. The van der Waals surface area contributed by atoms with Crippen LogP contribution in [0.4, 0.5) is 5.69 Å². The second-order valence-electron chi connectivity index (χ2n) is 6.83. The van der Waals surface area contributed by atoms with E-state index in [0.717, 1.165) is 46.9 Å². The van der Waals surface area contributed by atoms with Gasteiger partial charge in [0.05, 0.1) is 0 Å². The quantitative estimate of drug-likeness (QED) is 0.699. The molecule has 138 valence electrons. The summed E-state index contributed by atoms with van der Waals surface area (Å²) in [5, 5.41) is 13.3. The van der Waals surface area contributed by atoms with Gasteiger partial charge in [0.15, 0.2) is 0 Å². The van der Waals surface area contributed by atoms with Gasteiger partial charge in [-0.1, -0.05) is 17.8 Å². The van der Waals surface area contributed by atoms with Crippen LogP contribution in [0.1, 0.15) is 32.1 Å². The predicted molar refractivity (Wildman–Crippen MR) is 106 cm³/mol. The molecular weight excluding hydrogens is 362 g/mol. The minimum absolute atomic E-state index is 0.266. The molecule has 5 rings (SSSR count). The Morgan fingerprint density at radius 3 is 2.56 bits per heavy atom. The summed E-state index contributed by atoms with van der Waals surface area (Å²) in [6.07, 6.45) is 6.85. The fourth-order valence-corrected chi connectivity index (χ4v) is 4.75. The van der Waals surface area contributed by atoms with E-state index >= 15 is 0 Å². The predicted octanol–water partition coefficient (Wildman–Crippen LogP) is 1.96. The lowest BCUT2D eigenvalue weighted by atomic mass is 9.87. The number of rotatable bonds is 2. The number of aliphatic imine (C=N–C) groups is 2. The normalized spacial score (nSPS) is 19.3. The molecule has 1 aliphatic carbocycles. The largest absolute Gasteiger partial charge is 0.369 e. The number of benzene rings is 1. The Morgan fingerprint density at radius 1 is 1.04 bits per heavy atom. The zero-order valence-electron chi connectivity index (χ0n) is 14.6. The van der Waals surface area contributed by atoms with Crippen LogP contribution in [0.25, 0.3) is 15.5 Å². The zero-order chi connectivity index (χ0) is 18.4. The van der Waals surface area contributed by atoms with E-state index in [2.05, 4.69) is 20.3 Å². The molecule has 27 heavy (non-hydrogen) atoms. The van der Waals surface area contributed by atoms with Gasteiger partial charge in [-0.25, -0.2) is 4.99 Å². The lowest BCUT2D eigenvalue weighted by Crippen LogP contribution is -2.58. The molecule has 0 radical (unpaired) electrons. The van der Waals surface area contributed by atoms with E-state index in [1.54, 1.807) is 10.8 Å². The third-order valence-corrected chi connectivity index (χ3v) is 6.07. The highest BCUT2D eigenvalue weighted by Gasteiger charge is 2.42. The van der Waals surface area contributed by atoms with E-state index in [9.17, 15) is 0 Å². The van der Waals surface area contributed by atoms with E-state index in [1.165, 1.54) is 17.8 Å². The van der Waals surface area contributed by atoms with Crippen LogP contribution in [-0.4, -0.2) is 37.4 Å². The monoisotopic (exact) mass is 381 g/mol. The molecule has 1 spiro atoms. The van der Waals surface area contributed by atoms with Gasteiger partial charge in [0.2, 0.25) is 16.9 Å². The van der Waals surface area contributed by atoms with E-state index < -0.39 is 5.66 Å². The molecule has 1 aliphatic heterocycles. The Balaban J connectivity index is 1.51. The van der Waals surface area contributed by atoms with Gasteiger partial charge in [0.25, 0.3) is 0 Å². The Hall–Kier alpha value is -3.01. The van der Waals surface area contributed by atoms with Gasteiger partial charge in [0.1, 0.15) is 17.0 Å². The number of aromatic nitrogens is 4. The molecule has 1 saturated carbocycles. The van der Waals surface area contributed by atoms with Gasteiger partial charge in [-0.05, 0) is 49.9 Å². The van der Waals surface area contributed by atoms with Crippen LogP contribution in [0.5, 0.6) is 0 Å². The topological polar surface area (TPSA) is 123 Å². The van der Waals surface area contributed by atoms with Gasteiger partial charge in [-0.15, -0.1) is 10.2 Å². The summed E-state index contributed by atoms with van der Waals surface area (Å²) in [4.78, 5) is 11.7. The van der Waals surface area contributed by atoms with Crippen molar-refractivity contribution in [3.63, 3.8) is 0 Å². The Labute approximate surface area is 159 Å². The van der Waals surface area contributed by atoms with Crippen LogP contribution >= 0.6 is 11.3 Å². The second kappa shape index (κ2) is 6.02. The standard InChI is InChI=1S/C17H19N9S/c18-14-21-15(19)26(17(22-14)8-2-1-3-9-17)12-6-4-11(5-7-12)13-24-25-10-20-23-16(25)27-13/h4-7,10H,1-3,8-9H2,(H4,18,19,21,22). The molecule has 2 aromatic heterocycles. The first kappa shape index (κ1) is 16.2. The minimum Gasteiger partial charge on any atom is -0.369 e. The molecule has 10 heteroatoms. The molecular formula is C17H19N9S. The van der Waals surface area contributed by atoms with E-state index in [4.69, 9.17) is 16.5 Å². The molecule has 2 aliphatic rings. The first-order valence-corrected chi connectivity index (χ1v) is 9.73. The average molecular weight is 381 g/mol. The molecule has 0 unspecified atom stereocenters. The van der Waals surface area contributed by atoms with Crippen molar-refractivity contribution in [2.75, 3.05) is 4.90 Å². The smallest absolute Gasteiger partial charge is 0.234 e. The molecule has 3 heterocycles. The number of guanidine groups is 2.